The Morgan fingerprint density at radius 1 is 0.694 bits per heavy atom. The van der Waals surface area contributed by atoms with Crippen molar-refractivity contribution in [3.05, 3.63) is 79.7 Å². The summed E-state index contributed by atoms with van der Waals surface area (Å²) < 4.78 is 4.07. The molecule has 0 N–H and O–H groups in total. The van der Waals surface area contributed by atoms with Gasteiger partial charge in [-0.25, -0.2) is 0 Å². The molecule has 0 nitrogen and oxygen atoms in total. The van der Waals surface area contributed by atoms with Gasteiger partial charge < -0.3 is 24.8 Å². The summed E-state index contributed by atoms with van der Waals surface area (Å²) in [6.45, 7) is 25.9. The average Bonchev–Trinajstić information content (AvgIpc) is 3.30. The summed E-state index contributed by atoms with van der Waals surface area (Å²) in [5, 5.41) is 0. The third-order valence-electron chi connectivity index (χ3n) is 7.66. The Kier molecular flexibility index (Phi) is 9.43. The molecular formula is C33H44Cl2Zr. The van der Waals surface area contributed by atoms with Crippen LogP contribution < -0.4 is 24.8 Å². The van der Waals surface area contributed by atoms with E-state index >= 15 is 0 Å². The quantitative estimate of drug-likeness (QED) is 0.494. The van der Waals surface area contributed by atoms with E-state index in [1.165, 1.54) is 27.8 Å². The van der Waals surface area contributed by atoms with Crippen molar-refractivity contribution < 1.29 is 46.1 Å². The van der Waals surface area contributed by atoms with Gasteiger partial charge in [0.05, 0.1) is 0 Å². The van der Waals surface area contributed by atoms with Crippen molar-refractivity contribution in [3.63, 3.8) is 0 Å². The van der Waals surface area contributed by atoms with E-state index < -0.39 is 21.3 Å². The maximum Gasteiger partial charge on any atom is -1.00 e. The molecular weight excluding hydrogens is 558 g/mol. The fraction of sp³-hybridized carbons (Fsp3) is 0.485. The fourth-order valence-corrected chi connectivity index (χ4v) is 13.8. The van der Waals surface area contributed by atoms with Gasteiger partial charge in [0.25, 0.3) is 0 Å². The minimum absolute atomic E-state index is 0. The largest absolute Gasteiger partial charge is 1.00 e. The monoisotopic (exact) mass is 600 g/mol. The van der Waals surface area contributed by atoms with Crippen LogP contribution in [-0.4, -0.2) is 3.21 Å². The van der Waals surface area contributed by atoms with Crippen molar-refractivity contribution >= 4 is 3.21 Å². The van der Waals surface area contributed by atoms with Gasteiger partial charge in [-0.15, -0.1) is 0 Å². The van der Waals surface area contributed by atoms with Gasteiger partial charge in [-0.1, -0.05) is 0 Å². The van der Waals surface area contributed by atoms with Crippen LogP contribution in [0.15, 0.2) is 57.4 Å². The second kappa shape index (κ2) is 10.8. The van der Waals surface area contributed by atoms with Gasteiger partial charge in [-0.2, -0.15) is 0 Å². The molecule has 2 aromatic rings. The number of benzene rings is 2. The van der Waals surface area contributed by atoms with Gasteiger partial charge >= 0.3 is 218 Å². The molecule has 0 saturated heterocycles. The van der Waals surface area contributed by atoms with E-state index in [2.05, 4.69) is 125 Å². The van der Waals surface area contributed by atoms with Crippen molar-refractivity contribution in [1.29, 1.82) is 0 Å². The van der Waals surface area contributed by atoms with Gasteiger partial charge in [0.2, 0.25) is 0 Å². The molecule has 0 heterocycles. The average molecular weight is 603 g/mol. The van der Waals surface area contributed by atoms with Crippen molar-refractivity contribution in [2.75, 3.05) is 0 Å². The molecule has 2 aromatic carbocycles. The van der Waals surface area contributed by atoms with E-state index in [0.717, 1.165) is 6.42 Å². The van der Waals surface area contributed by atoms with Crippen LogP contribution in [-0.2, 0) is 32.1 Å². The Balaban J connectivity index is 0.00000228. The Hall–Kier alpha value is -0.747. The van der Waals surface area contributed by atoms with Crippen LogP contribution in [0, 0.1) is 5.41 Å². The minimum atomic E-state index is -2.14. The zero-order chi connectivity index (χ0) is 25.2. The minimum Gasteiger partial charge on any atom is -1.00 e. The van der Waals surface area contributed by atoms with E-state index in [1.807, 2.05) is 0 Å². The molecule has 0 fully saturated rings. The summed E-state index contributed by atoms with van der Waals surface area (Å²) in [6.07, 6.45) is 6.28. The van der Waals surface area contributed by atoms with Crippen LogP contribution in [0.5, 0.6) is 0 Å². The summed E-state index contributed by atoms with van der Waals surface area (Å²) in [5.74, 6) is 0. The molecule has 0 saturated carbocycles. The first kappa shape index (κ1) is 31.5. The van der Waals surface area contributed by atoms with Crippen molar-refractivity contribution in [3.8, 4) is 11.1 Å². The molecule has 0 amide bonds. The Bertz CT molecular complexity index is 1170. The van der Waals surface area contributed by atoms with E-state index in [9.17, 15) is 0 Å². The molecule has 2 aliphatic rings. The third kappa shape index (κ3) is 5.95. The van der Waals surface area contributed by atoms with Crippen LogP contribution in [0.2, 0.25) is 0 Å². The fourth-order valence-electron chi connectivity index (χ4n) is 5.53. The van der Waals surface area contributed by atoms with Gasteiger partial charge in [0, 0.05) is 0 Å². The molecule has 3 heteroatoms. The molecule has 0 atom stereocenters. The summed E-state index contributed by atoms with van der Waals surface area (Å²) in [7, 11) is 0. The molecule has 0 unspecified atom stereocenters. The predicted molar refractivity (Wildman–Crippen MR) is 148 cm³/mol. The number of hydrogen-bond acceptors (Lipinski definition) is 0. The van der Waals surface area contributed by atoms with Crippen LogP contribution in [0.1, 0.15) is 108 Å². The summed E-state index contributed by atoms with van der Waals surface area (Å²) in [5.41, 5.74) is 11.1. The Labute approximate surface area is 241 Å². The molecule has 194 valence electrons. The smallest absolute Gasteiger partial charge is 1.00 e. The molecule has 4 rings (SSSR count). The van der Waals surface area contributed by atoms with Crippen LogP contribution in [0.3, 0.4) is 0 Å². The SMILES string of the molecule is C[C](C)=[Zr+2]([C]1=CC(C(C)(C)C)=CC1)[CH]1c2ccc(C(C)(C)C)cc2-c2cc(C(C)(C)C)ccc21.[Cl-].[Cl-]. The second-order valence-corrected chi connectivity index (χ2v) is 21.2. The van der Waals surface area contributed by atoms with Gasteiger partial charge in [-0.05, 0) is 0 Å². The molecule has 0 radical (unpaired) electrons. The second-order valence-electron chi connectivity index (χ2n) is 13.7. The maximum atomic E-state index is 2.60. The summed E-state index contributed by atoms with van der Waals surface area (Å²) >= 11 is -2.14. The summed E-state index contributed by atoms with van der Waals surface area (Å²) in [4.78, 5) is 0. The van der Waals surface area contributed by atoms with Crippen molar-refractivity contribution in [2.24, 2.45) is 5.41 Å². The Morgan fingerprint density at radius 3 is 1.47 bits per heavy atom. The number of halogens is 2. The first-order valence-corrected chi connectivity index (χ1v) is 16.8. The first-order valence-electron chi connectivity index (χ1n) is 13.0. The van der Waals surface area contributed by atoms with Gasteiger partial charge in [0.15, 0.2) is 0 Å². The Morgan fingerprint density at radius 2 is 1.14 bits per heavy atom. The molecule has 0 spiro atoms. The van der Waals surface area contributed by atoms with Gasteiger partial charge in [-0.3, -0.25) is 0 Å². The van der Waals surface area contributed by atoms with Crippen LogP contribution >= 0.6 is 0 Å². The van der Waals surface area contributed by atoms with Gasteiger partial charge in [0.1, 0.15) is 0 Å². The molecule has 0 bridgehead atoms. The van der Waals surface area contributed by atoms with Crippen molar-refractivity contribution in [2.45, 2.75) is 97.0 Å². The zero-order valence-corrected chi connectivity index (χ0v) is 28.1. The van der Waals surface area contributed by atoms with E-state index in [4.69, 9.17) is 0 Å². The molecule has 2 aliphatic carbocycles. The summed E-state index contributed by atoms with van der Waals surface area (Å²) in [6, 6.07) is 14.9. The van der Waals surface area contributed by atoms with E-state index in [0.29, 0.717) is 3.63 Å². The first-order chi connectivity index (χ1) is 15.6. The maximum absolute atomic E-state index is 2.60. The molecule has 0 aromatic heterocycles. The van der Waals surface area contributed by atoms with E-state index in [1.54, 1.807) is 17.6 Å². The predicted octanol–water partition coefficient (Wildman–Crippen LogP) is 3.45. The topological polar surface area (TPSA) is 0 Å². The standard InChI is InChI=1S/C21H25.C9H13.C3H6.2ClH.Zr/c1-20(2,3)16-9-7-14-11-15-8-10-17(21(4,5)6)13-19(15)18(14)12-16;1-9(2,3)8-6-4-5-7-8;1-3-2;;;/h7-13H,1-6H3;6-7H,4H2,1-3H3;1-2H3;2*1H;/q;;;;;+2/p-2. The van der Waals surface area contributed by atoms with Crippen LogP contribution in [0.25, 0.3) is 11.1 Å². The molecule has 36 heavy (non-hydrogen) atoms. The zero-order valence-electron chi connectivity index (χ0n) is 24.2. The number of hydrogen-bond donors (Lipinski definition) is 0. The molecule has 0 aliphatic heterocycles. The number of rotatable bonds is 2. The van der Waals surface area contributed by atoms with E-state index in [-0.39, 0.29) is 41.1 Å². The number of allylic oxidation sites excluding steroid dienone is 4. The normalized spacial score (nSPS) is 15.1. The van der Waals surface area contributed by atoms with Crippen molar-refractivity contribution in [1.82, 2.24) is 0 Å². The van der Waals surface area contributed by atoms with Crippen LogP contribution in [0.4, 0.5) is 0 Å². The number of fused-ring (bicyclic) bond motifs is 3. The third-order valence-corrected chi connectivity index (χ3v) is 15.8.